The number of benzene rings is 1. The molecule has 1 aliphatic heterocycles. The van der Waals surface area contributed by atoms with E-state index in [0.717, 1.165) is 30.6 Å². The highest BCUT2D eigenvalue weighted by Gasteiger charge is 2.24. The van der Waals surface area contributed by atoms with Crippen LogP contribution >= 0.6 is 0 Å². The number of amides is 3. The highest BCUT2D eigenvalue weighted by molar-refractivity contribution is 5.95. The first-order chi connectivity index (χ1) is 11.1. The summed E-state index contributed by atoms with van der Waals surface area (Å²) in [6.45, 7) is 1.34. The molecule has 0 spiro atoms. The Hall–Kier alpha value is -2.08. The maximum absolute atomic E-state index is 12.2. The number of hydrogen-bond donors (Lipinski definition) is 3. The van der Waals surface area contributed by atoms with Gasteiger partial charge in [-0.3, -0.25) is 9.69 Å². The Morgan fingerprint density at radius 2 is 2.00 bits per heavy atom. The van der Waals surface area contributed by atoms with E-state index in [1.165, 1.54) is 6.42 Å². The molecule has 1 aromatic carbocycles. The quantitative estimate of drug-likeness (QED) is 0.794. The largest absolute Gasteiger partial charge is 0.336 e. The van der Waals surface area contributed by atoms with E-state index in [9.17, 15) is 9.59 Å². The molecule has 2 fully saturated rings. The molecule has 124 valence electrons. The highest BCUT2D eigenvalue weighted by Crippen LogP contribution is 2.26. The van der Waals surface area contributed by atoms with E-state index < -0.39 is 0 Å². The molecule has 2 aliphatic rings. The van der Waals surface area contributed by atoms with Gasteiger partial charge in [0.25, 0.3) is 0 Å². The van der Waals surface area contributed by atoms with Crippen LogP contribution in [0.2, 0.25) is 0 Å². The summed E-state index contributed by atoms with van der Waals surface area (Å²) in [6, 6.07) is 7.44. The number of hydrogen-bond acceptors (Lipinski definition) is 3. The minimum atomic E-state index is -0.0759. The molecule has 1 heterocycles. The molecule has 0 radical (unpaired) electrons. The first-order valence-corrected chi connectivity index (χ1v) is 8.34. The van der Waals surface area contributed by atoms with Crippen LogP contribution in [0.3, 0.4) is 0 Å². The van der Waals surface area contributed by atoms with Crippen LogP contribution in [0.15, 0.2) is 24.3 Å². The van der Waals surface area contributed by atoms with Gasteiger partial charge in [-0.1, -0.05) is 12.8 Å². The average molecular weight is 316 g/mol. The monoisotopic (exact) mass is 316 g/mol. The highest BCUT2D eigenvalue weighted by atomic mass is 16.2. The van der Waals surface area contributed by atoms with Crippen molar-refractivity contribution in [1.29, 1.82) is 0 Å². The van der Waals surface area contributed by atoms with Crippen LogP contribution in [0.1, 0.15) is 32.1 Å². The fourth-order valence-corrected chi connectivity index (χ4v) is 3.38. The van der Waals surface area contributed by atoms with E-state index >= 15 is 0 Å². The Morgan fingerprint density at radius 3 is 2.65 bits per heavy atom. The number of anilines is 2. The van der Waals surface area contributed by atoms with Crippen LogP contribution in [0.5, 0.6) is 0 Å². The zero-order valence-corrected chi connectivity index (χ0v) is 13.3. The van der Waals surface area contributed by atoms with E-state index in [1.54, 1.807) is 4.90 Å². The van der Waals surface area contributed by atoms with E-state index in [2.05, 4.69) is 10.6 Å². The molecule has 0 aromatic heterocycles. The summed E-state index contributed by atoms with van der Waals surface area (Å²) in [5.41, 5.74) is 7.69. The Balaban J connectivity index is 1.55. The zero-order chi connectivity index (χ0) is 16.2. The third-order valence-corrected chi connectivity index (χ3v) is 4.73. The lowest BCUT2D eigenvalue weighted by Gasteiger charge is -2.27. The van der Waals surface area contributed by atoms with Gasteiger partial charge < -0.3 is 16.4 Å². The van der Waals surface area contributed by atoms with Crippen molar-refractivity contribution in [3.8, 4) is 0 Å². The van der Waals surface area contributed by atoms with Gasteiger partial charge in [-0.05, 0) is 43.0 Å². The van der Waals surface area contributed by atoms with Crippen LogP contribution in [-0.4, -0.2) is 31.1 Å². The minimum absolute atomic E-state index is 0.0130. The lowest BCUT2D eigenvalue weighted by Crippen LogP contribution is -2.35. The maximum atomic E-state index is 12.2. The summed E-state index contributed by atoms with van der Waals surface area (Å²) in [6.07, 6.45) is 4.88. The molecule has 1 saturated carbocycles. The lowest BCUT2D eigenvalue weighted by atomic mass is 9.83. The number of urea groups is 1. The third kappa shape index (κ3) is 3.82. The molecule has 1 saturated heterocycles. The van der Waals surface area contributed by atoms with Crippen LogP contribution in [0, 0.1) is 5.92 Å². The van der Waals surface area contributed by atoms with Gasteiger partial charge in [0.2, 0.25) is 5.91 Å². The van der Waals surface area contributed by atoms with Crippen LogP contribution in [-0.2, 0) is 4.79 Å². The Labute approximate surface area is 136 Å². The van der Waals surface area contributed by atoms with Gasteiger partial charge in [0.05, 0.1) is 0 Å². The van der Waals surface area contributed by atoms with Gasteiger partial charge >= 0.3 is 6.03 Å². The van der Waals surface area contributed by atoms with Gasteiger partial charge in [-0.2, -0.15) is 0 Å². The van der Waals surface area contributed by atoms with E-state index in [0.29, 0.717) is 19.5 Å². The van der Waals surface area contributed by atoms with Crippen molar-refractivity contribution >= 4 is 23.3 Å². The summed E-state index contributed by atoms with van der Waals surface area (Å²) < 4.78 is 0. The summed E-state index contributed by atoms with van der Waals surface area (Å²) in [7, 11) is 0. The van der Waals surface area contributed by atoms with Gasteiger partial charge in [0.1, 0.15) is 0 Å². The summed E-state index contributed by atoms with van der Waals surface area (Å²) in [5.74, 6) is 0.301. The summed E-state index contributed by atoms with van der Waals surface area (Å²) in [4.78, 5) is 25.5. The number of nitrogens with two attached hydrogens (primary N) is 1. The molecule has 0 bridgehead atoms. The van der Waals surface area contributed by atoms with Gasteiger partial charge in [0, 0.05) is 36.9 Å². The first kappa shape index (κ1) is 15.8. The molecule has 2 atom stereocenters. The number of carbonyl (C=O) groups excluding carboxylic acids is 2. The molecule has 3 amide bonds. The first-order valence-electron chi connectivity index (χ1n) is 8.34. The molecule has 6 nitrogen and oxygen atoms in total. The summed E-state index contributed by atoms with van der Waals surface area (Å²) in [5, 5.41) is 5.70. The predicted octanol–water partition coefficient (Wildman–Crippen LogP) is 2.06. The van der Waals surface area contributed by atoms with E-state index in [1.807, 2.05) is 24.3 Å². The fourth-order valence-electron chi connectivity index (χ4n) is 3.38. The molecule has 1 aliphatic carbocycles. The van der Waals surface area contributed by atoms with Crippen molar-refractivity contribution in [1.82, 2.24) is 5.32 Å². The summed E-state index contributed by atoms with van der Waals surface area (Å²) >= 11 is 0. The third-order valence-electron chi connectivity index (χ3n) is 4.73. The van der Waals surface area contributed by atoms with Crippen LogP contribution < -0.4 is 21.3 Å². The van der Waals surface area contributed by atoms with E-state index in [-0.39, 0.29) is 23.9 Å². The maximum Gasteiger partial charge on any atom is 0.321 e. The molecule has 6 heteroatoms. The molecule has 1 aromatic rings. The Morgan fingerprint density at radius 1 is 1.26 bits per heavy atom. The molecule has 4 N–H and O–H groups in total. The molecule has 23 heavy (non-hydrogen) atoms. The normalized spacial score (nSPS) is 24.4. The smallest absolute Gasteiger partial charge is 0.321 e. The molecular formula is C17H24N4O2. The van der Waals surface area contributed by atoms with Gasteiger partial charge in [0.15, 0.2) is 0 Å². The topological polar surface area (TPSA) is 87.5 Å². The van der Waals surface area contributed by atoms with Crippen molar-refractivity contribution in [3.63, 3.8) is 0 Å². The molecule has 3 rings (SSSR count). The second-order valence-corrected chi connectivity index (χ2v) is 6.39. The number of rotatable bonds is 4. The standard InChI is InChI=1S/C17H24N4O2/c18-15-4-2-1-3-12(15)11-16(22)20-13-5-7-14(8-6-13)21-10-9-19-17(21)23/h5-8,12,15H,1-4,9-11,18H2,(H,19,23)(H,20,22). The number of carbonyl (C=O) groups is 2. The molecular weight excluding hydrogens is 292 g/mol. The van der Waals surface area contributed by atoms with Crippen molar-refractivity contribution < 1.29 is 9.59 Å². The Bertz CT molecular complexity index is 572. The van der Waals surface area contributed by atoms with Crippen LogP contribution in [0.4, 0.5) is 16.2 Å². The van der Waals surface area contributed by atoms with Gasteiger partial charge in [-0.25, -0.2) is 4.79 Å². The predicted molar refractivity (Wildman–Crippen MR) is 90.4 cm³/mol. The van der Waals surface area contributed by atoms with E-state index in [4.69, 9.17) is 5.73 Å². The lowest BCUT2D eigenvalue weighted by molar-refractivity contribution is -0.117. The van der Waals surface area contributed by atoms with Crippen molar-refractivity contribution in [2.45, 2.75) is 38.1 Å². The minimum Gasteiger partial charge on any atom is -0.336 e. The molecule has 2 unspecified atom stereocenters. The number of nitrogens with one attached hydrogen (secondary N) is 2. The number of nitrogens with zero attached hydrogens (tertiary/aromatic N) is 1. The van der Waals surface area contributed by atoms with Crippen molar-refractivity contribution in [3.05, 3.63) is 24.3 Å². The zero-order valence-electron chi connectivity index (χ0n) is 13.3. The van der Waals surface area contributed by atoms with Gasteiger partial charge in [-0.15, -0.1) is 0 Å². The van der Waals surface area contributed by atoms with Crippen LogP contribution in [0.25, 0.3) is 0 Å². The SMILES string of the molecule is NC1CCCCC1CC(=O)Nc1ccc(N2CCNC2=O)cc1. The Kier molecular flexibility index (Phi) is 4.81. The fraction of sp³-hybridized carbons (Fsp3) is 0.529. The average Bonchev–Trinajstić information content (AvgIpc) is 2.96. The second kappa shape index (κ2) is 7.00. The van der Waals surface area contributed by atoms with Crippen molar-refractivity contribution in [2.75, 3.05) is 23.3 Å². The van der Waals surface area contributed by atoms with Crippen molar-refractivity contribution in [2.24, 2.45) is 11.7 Å². The second-order valence-electron chi connectivity index (χ2n) is 6.39.